The fraction of sp³-hybridized carbons (Fsp3) is 0.656. The van der Waals surface area contributed by atoms with Gasteiger partial charge in [0.15, 0.2) is 22.4 Å². The Morgan fingerprint density at radius 3 is 2.00 bits per heavy atom. The Morgan fingerprint density at radius 2 is 1.47 bits per heavy atom. The summed E-state index contributed by atoms with van der Waals surface area (Å²) in [6.45, 7) is 27.6. The van der Waals surface area contributed by atoms with Crippen molar-refractivity contribution >= 4 is 22.4 Å². The predicted octanol–water partition coefficient (Wildman–Crippen LogP) is 9.10. The normalized spacial score (nSPS) is 16.2. The Labute approximate surface area is 236 Å². The molecule has 0 saturated heterocycles. The predicted molar refractivity (Wildman–Crippen MR) is 168 cm³/mol. The van der Waals surface area contributed by atoms with Crippen LogP contribution in [0.2, 0.25) is 36.3 Å². The molecule has 0 bridgehead atoms. The van der Waals surface area contributed by atoms with Crippen molar-refractivity contribution in [3.63, 3.8) is 0 Å². The van der Waals surface area contributed by atoms with Crippen LogP contribution in [-0.2, 0) is 25.0 Å². The zero-order valence-electron chi connectivity index (χ0n) is 26.4. The molecule has 1 aromatic carbocycles. The van der Waals surface area contributed by atoms with Crippen LogP contribution in [-0.4, -0.2) is 41.2 Å². The van der Waals surface area contributed by atoms with Crippen LogP contribution in [0.3, 0.4) is 0 Å². The Bertz CT molecular complexity index is 892. The summed E-state index contributed by atoms with van der Waals surface area (Å²) in [6, 6.07) is 10.2. The number of rotatable bonds is 15. The van der Waals surface area contributed by atoms with Crippen molar-refractivity contribution in [2.45, 2.75) is 123 Å². The van der Waals surface area contributed by atoms with Crippen molar-refractivity contribution in [2.24, 2.45) is 5.92 Å². The molecule has 4 nitrogen and oxygen atoms in total. The van der Waals surface area contributed by atoms with Crippen molar-refractivity contribution < 1.29 is 18.4 Å². The number of carbonyl (C=O) groups excluding carboxylic acids is 1. The first-order valence-corrected chi connectivity index (χ1v) is 20.0. The van der Waals surface area contributed by atoms with Gasteiger partial charge in [0.25, 0.3) is 0 Å². The Balaban J connectivity index is 2.90. The topological polar surface area (TPSA) is 44.8 Å². The molecule has 1 rings (SSSR count). The monoisotopic (exact) mass is 560 g/mol. The maximum atomic E-state index is 13.3. The van der Waals surface area contributed by atoms with E-state index in [1.54, 1.807) is 6.08 Å². The van der Waals surface area contributed by atoms with Gasteiger partial charge in [-0.15, -0.1) is 0 Å². The second-order valence-corrected chi connectivity index (χ2v) is 23.0. The lowest BCUT2D eigenvalue weighted by molar-refractivity contribution is -0.121. The molecule has 0 amide bonds. The molecule has 6 heteroatoms. The second-order valence-electron chi connectivity index (χ2n) is 13.5. The highest BCUT2D eigenvalue weighted by atomic mass is 28.4. The maximum Gasteiger partial charge on any atom is 0.192 e. The highest BCUT2D eigenvalue weighted by molar-refractivity contribution is 6.74. The van der Waals surface area contributed by atoms with Gasteiger partial charge in [0.1, 0.15) is 0 Å². The molecule has 3 atom stereocenters. The highest BCUT2D eigenvalue weighted by Crippen LogP contribution is 2.39. The van der Waals surface area contributed by atoms with Gasteiger partial charge in [0.05, 0.1) is 18.8 Å². The molecule has 0 aliphatic heterocycles. The van der Waals surface area contributed by atoms with Gasteiger partial charge in [-0.1, -0.05) is 97.0 Å². The third-order valence-electron chi connectivity index (χ3n) is 8.23. The third-order valence-corrected chi connectivity index (χ3v) is 17.2. The minimum absolute atomic E-state index is 0.0223. The quantitative estimate of drug-likeness (QED) is 0.0928. The van der Waals surface area contributed by atoms with Crippen LogP contribution in [0, 0.1) is 5.92 Å². The van der Waals surface area contributed by atoms with Crippen molar-refractivity contribution in [3.8, 4) is 0 Å². The molecule has 0 aliphatic rings. The van der Waals surface area contributed by atoms with E-state index >= 15 is 0 Å². The smallest absolute Gasteiger partial charge is 0.192 e. The Kier molecular flexibility index (Phi) is 13.6. The maximum absolute atomic E-state index is 13.3. The van der Waals surface area contributed by atoms with Gasteiger partial charge in [-0.25, -0.2) is 0 Å². The van der Waals surface area contributed by atoms with Crippen molar-refractivity contribution in [3.05, 3.63) is 60.2 Å². The van der Waals surface area contributed by atoms with E-state index in [1.165, 1.54) is 0 Å². The lowest BCUT2D eigenvalue weighted by Crippen LogP contribution is -2.46. The zero-order valence-corrected chi connectivity index (χ0v) is 28.4. The molecule has 0 aromatic heterocycles. The minimum atomic E-state index is -2.06. The van der Waals surface area contributed by atoms with Crippen LogP contribution in [0.15, 0.2) is 54.6 Å². The largest absolute Gasteiger partial charge is 0.413 e. The average Bonchev–Trinajstić information content (AvgIpc) is 2.79. The number of carbonyl (C=O) groups is 1. The zero-order chi connectivity index (χ0) is 29.2. The summed E-state index contributed by atoms with van der Waals surface area (Å²) >= 11 is 0. The van der Waals surface area contributed by atoms with Gasteiger partial charge in [0, 0.05) is 12.5 Å². The van der Waals surface area contributed by atoms with Crippen LogP contribution >= 0.6 is 0 Å². The highest BCUT2D eigenvalue weighted by Gasteiger charge is 2.41. The molecule has 0 N–H and O–H groups in total. The molecule has 0 radical (unpaired) electrons. The van der Waals surface area contributed by atoms with Crippen LogP contribution in [0.4, 0.5) is 0 Å². The Hall–Kier alpha value is -1.32. The number of hydrogen-bond donors (Lipinski definition) is 0. The van der Waals surface area contributed by atoms with Crippen molar-refractivity contribution in [1.29, 1.82) is 0 Å². The molecule has 0 spiro atoms. The van der Waals surface area contributed by atoms with Gasteiger partial charge >= 0.3 is 0 Å². The fourth-order valence-electron chi connectivity index (χ4n) is 3.52. The molecule has 0 aliphatic carbocycles. The lowest BCUT2D eigenvalue weighted by Gasteiger charge is -2.40. The minimum Gasteiger partial charge on any atom is -0.413 e. The van der Waals surface area contributed by atoms with E-state index < -0.39 is 16.6 Å². The molecule has 0 saturated carbocycles. The summed E-state index contributed by atoms with van der Waals surface area (Å²) in [5.74, 6) is -0.148. The van der Waals surface area contributed by atoms with E-state index in [0.717, 1.165) is 5.56 Å². The van der Waals surface area contributed by atoms with Crippen LogP contribution in [0.1, 0.15) is 73.8 Å². The first kappa shape index (κ1) is 34.7. The van der Waals surface area contributed by atoms with Crippen molar-refractivity contribution in [1.82, 2.24) is 0 Å². The van der Waals surface area contributed by atoms with E-state index in [4.69, 9.17) is 13.6 Å². The Morgan fingerprint density at radius 1 is 0.921 bits per heavy atom. The SMILES string of the molecule is C/C=C/[C@@H](C/C=C/C(=O)[C@H](C)[C@H](CCOCc1ccccc1)O[Si](C)(C)C(C)(C)C)O[Si](C)(C)C(C)(C)C. The number of hydrogen-bond acceptors (Lipinski definition) is 4. The first-order chi connectivity index (χ1) is 17.4. The average molecular weight is 561 g/mol. The van der Waals surface area contributed by atoms with Gasteiger partial charge in [-0.3, -0.25) is 4.79 Å². The van der Waals surface area contributed by atoms with Gasteiger partial charge in [0.2, 0.25) is 0 Å². The third kappa shape index (κ3) is 11.4. The van der Waals surface area contributed by atoms with Crippen LogP contribution in [0.25, 0.3) is 0 Å². The number of ketones is 1. The molecule has 0 fully saturated rings. The molecule has 216 valence electrons. The van der Waals surface area contributed by atoms with E-state index in [9.17, 15) is 4.79 Å². The number of benzene rings is 1. The lowest BCUT2D eigenvalue weighted by atomic mass is 9.97. The summed E-state index contributed by atoms with van der Waals surface area (Å²) in [5.41, 5.74) is 1.15. The molecule has 0 heterocycles. The summed E-state index contributed by atoms with van der Waals surface area (Å²) in [6.07, 6.45) is 9.03. The number of ether oxygens (including phenoxy) is 1. The van der Waals surface area contributed by atoms with Crippen molar-refractivity contribution in [2.75, 3.05) is 6.61 Å². The van der Waals surface area contributed by atoms with Gasteiger partial charge < -0.3 is 13.6 Å². The fourth-order valence-corrected chi connectivity index (χ4v) is 6.24. The standard InChI is InChI=1S/C32H56O4Si2/c1-13-18-28(35-37(9,10)31(3,4)5)21-17-22-29(33)26(2)30(36-38(11,12)32(6,7)8)23-24-34-25-27-19-15-14-16-20-27/h13-20,22,26,28,30H,21,23-25H2,1-12H3/b18-13+,22-17+/t26-,28-,30-/m0/s1. The van der Waals surface area contributed by atoms with Crippen LogP contribution < -0.4 is 0 Å². The van der Waals surface area contributed by atoms with Gasteiger partial charge in [-0.2, -0.15) is 0 Å². The summed E-state index contributed by atoms with van der Waals surface area (Å²) in [4.78, 5) is 13.3. The molecule has 0 unspecified atom stereocenters. The summed E-state index contributed by atoms with van der Waals surface area (Å²) in [7, 11) is -3.97. The van der Waals surface area contributed by atoms with E-state index in [2.05, 4.69) is 85.9 Å². The van der Waals surface area contributed by atoms with E-state index in [1.807, 2.05) is 44.2 Å². The van der Waals surface area contributed by atoms with Crippen LogP contribution in [0.5, 0.6) is 0 Å². The molecule has 1 aromatic rings. The molecular formula is C32H56O4Si2. The first-order valence-electron chi connectivity index (χ1n) is 14.2. The number of allylic oxidation sites excluding steroid dienone is 2. The van der Waals surface area contributed by atoms with E-state index in [-0.39, 0.29) is 34.0 Å². The summed E-state index contributed by atoms with van der Waals surface area (Å²) < 4.78 is 19.4. The van der Waals surface area contributed by atoms with Gasteiger partial charge in [-0.05, 0) is 67.7 Å². The second kappa shape index (κ2) is 14.9. The van der Waals surface area contributed by atoms with E-state index in [0.29, 0.717) is 26.1 Å². The molecule has 38 heavy (non-hydrogen) atoms. The summed E-state index contributed by atoms with van der Waals surface area (Å²) in [5, 5.41) is 0.202. The molecular weight excluding hydrogens is 505 g/mol.